The van der Waals surface area contributed by atoms with E-state index in [1.54, 1.807) is 25.1 Å². The Bertz CT molecular complexity index is 1370. The Morgan fingerprint density at radius 1 is 1.03 bits per heavy atom. The second kappa shape index (κ2) is 10.7. The van der Waals surface area contributed by atoms with Crippen molar-refractivity contribution in [2.24, 2.45) is 0 Å². The van der Waals surface area contributed by atoms with Crippen LogP contribution in [0.15, 0.2) is 71.6 Å². The van der Waals surface area contributed by atoms with Crippen LogP contribution in [0, 0.1) is 17.0 Å². The molecule has 3 rings (SSSR count). The number of carbonyl (C=O) groups is 2. The van der Waals surface area contributed by atoms with Gasteiger partial charge in [0.2, 0.25) is 0 Å². The fraction of sp³-hybridized carbons (Fsp3) is 0.130. The van der Waals surface area contributed by atoms with Crippen LogP contribution in [-0.2, 0) is 19.6 Å². The second-order valence-corrected chi connectivity index (χ2v) is 8.89. The molecule has 0 radical (unpaired) electrons. The van der Waals surface area contributed by atoms with Gasteiger partial charge in [-0.2, -0.15) is 0 Å². The van der Waals surface area contributed by atoms with E-state index in [1.165, 1.54) is 49.6 Å². The zero-order valence-electron chi connectivity index (χ0n) is 18.7. The first kappa shape index (κ1) is 25.2. The van der Waals surface area contributed by atoms with Gasteiger partial charge in [-0.1, -0.05) is 18.2 Å². The Morgan fingerprint density at radius 3 is 2.37 bits per heavy atom. The molecule has 0 spiro atoms. The van der Waals surface area contributed by atoms with E-state index in [0.717, 1.165) is 6.07 Å². The number of carbonyl (C=O) groups excluding carboxylic acids is 2. The fourth-order valence-corrected chi connectivity index (χ4v) is 4.12. The van der Waals surface area contributed by atoms with E-state index in [0.29, 0.717) is 17.0 Å². The van der Waals surface area contributed by atoms with Crippen molar-refractivity contribution in [3.8, 4) is 5.75 Å². The molecule has 0 bridgehead atoms. The largest absolute Gasteiger partial charge is 0.497 e. The summed E-state index contributed by atoms with van der Waals surface area (Å²) in [6, 6.07) is 15.6. The maximum Gasteiger partial charge on any atom is 0.338 e. The molecule has 2 N–H and O–H groups in total. The minimum Gasteiger partial charge on any atom is -0.497 e. The standard InChI is InChI=1S/C23H21N3O8S/c1-15-5-3-8-20(26(29)30)22(15)24-21(27)14-34-23(28)16-6-4-7-19(13-16)35(31,32)25-17-9-11-18(33-2)12-10-17/h3-13,25H,14H2,1-2H3,(H,24,27). The van der Waals surface area contributed by atoms with Gasteiger partial charge in [0.05, 0.1) is 22.5 Å². The molecule has 35 heavy (non-hydrogen) atoms. The van der Waals surface area contributed by atoms with E-state index in [-0.39, 0.29) is 21.8 Å². The molecular formula is C23H21N3O8S. The lowest BCUT2D eigenvalue weighted by Gasteiger charge is -2.11. The smallest absolute Gasteiger partial charge is 0.338 e. The van der Waals surface area contributed by atoms with Crippen molar-refractivity contribution in [3.05, 3.63) is 88.0 Å². The summed E-state index contributed by atoms with van der Waals surface area (Å²) in [5.41, 5.74) is 0.349. The van der Waals surface area contributed by atoms with E-state index >= 15 is 0 Å². The third-order valence-corrected chi connectivity index (χ3v) is 6.15. The summed E-state index contributed by atoms with van der Waals surface area (Å²) in [6.07, 6.45) is 0. The zero-order chi connectivity index (χ0) is 25.6. The van der Waals surface area contributed by atoms with Crippen LogP contribution < -0.4 is 14.8 Å². The van der Waals surface area contributed by atoms with Crippen LogP contribution in [0.3, 0.4) is 0 Å². The number of amides is 1. The average Bonchev–Trinajstić information content (AvgIpc) is 2.84. The molecule has 11 nitrogen and oxygen atoms in total. The molecule has 0 heterocycles. The van der Waals surface area contributed by atoms with Crippen LogP contribution in [0.5, 0.6) is 5.75 Å². The third-order valence-electron chi connectivity index (χ3n) is 4.77. The van der Waals surface area contributed by atoms with Crippen molar-refractivity contribution < 1.29 is 32.4 Å². The van der Waals surface area contributed by atoms with Crippen molar-refractivity contribution in [2.75, 3.05) is 23.8 Å². The minimum absolute atomic E-state index is 0.00348. The maximum absolute atomic E-state index is 12.7. The minimum atomic E-state index is -4.02. The summed E-state index contributed by atoms with van der Waals surface area (Å²) in [7, 11) is -2.53. The zero-order valence-corrected chi connectivity index (χ0v) is 19.5. The lowest BCUT2D eigenvalue weighted by Crippen LogP contribution is -2.22. The van der Waals surface area contributed by atoms with Gasteiger partial charge in [0.25, 0.3) is 21.6 Å². The molecule has 0 saturated carbocycles. The quantitative estimate of drug-likeness (QED) is 0.258. The van der Waals surface area contributed by atoms with E-state index in [9.17, 15) is 28.1 Å². The number of anilines is 2. The number of aryl methyl sites for hydroxylation is 1. The number of nitrogens with one attached hydrogen (secondary N) is 2. The Kier molecular flexibility index (Phi) is 7.66. The highest BCUT2D eigenvalue weighted by Crippen LogP contribution is 2.27. The van der Waals surface area contributed by atoms with Crippen molar-refractivity contribution in [2.45, 2.75) is 11.8 Å². The molecule has 12 heteroatoms. The average molecular weight is 500 g/mol. The van der Waals surface area contributed by atoms with E-state index in [1.807, 2.05) is 0 Å². The molecule has 182 valence electrons. The first-order valence-electron chi connectivity index (χ1n) is 10.1. The molecule has 0 atom stereocenters. The van der Waals surface area contributed by atoms with E-state index in [4.69, 9.17) is 9.47 Å². The van der Waals surface area contributed by atoms with Gasteiger partial charge < -0.3 is 14.8 Å². The van der Waals surface area contributed by atoms with Crippen LogP contribution in [0.25, 0.3) is 0 Å². The first-order valence-corrected chi connectivity index (χ1v) is 11.6. The van der Waals surface area contributed by atoms with Crippen LogP contribution in [-0.4, -0.2) is 38.9 Å². The molecular weight excluding hydrogens is 478 g/mol. The van der Waals surface area contributed by atoms with Gasteiger partial charge in [0, 0.05) is 11.8 Å². The topological polar surface area (TPSA) is 154 Å². The molecule has 3 aromatic rings. The highest BCUT2D eigenvalue weighted by molar-refractivity contribution is 7.92. The Balaban J connectivity index is 1.67. The highest BCUT2D eigenvalue weighted by Gasteiger charge is 2.20. The SMILES string of the molecule is COc1ccc(NS(=O)(=O)c2cccc(C(=O)OCC(=O)Nc3c(C)cccc3[N+](=O)[O-])c2)cc1. The number of nitro benzene ring substituents is 1. The summed E-state index contributed by atoms with van der Waals surface area (Å²) in [5, 5.41) is 13.5. The molecule has 0 aromatic heterocycles. The summed E-state index contributed by atoms with van der Waals surface area (Å²) in [6.45, 7) is 0.853. The van der Waals surface area contributed by atoms with Crippen molar-refractivity contribution >= 4 is 39.0 Å². The predicted octanol–water partition coefficient (Wildman–Crippen LogP) is 3.51. The van der Waals surface area contributed by atoms with Gasteiger partial charge in [0.1, 0.15) is 11.4 Å². The lowest BCUT2D eigenvalue weighted by atomic mass is 10.1. The van der Waals surface area contributed by atoms with Gasteiger partial charge in [-0.15, -0.1) is 0 Å². The number of sulfonamides is 1. The number of hydrogen-bond donors (Lipinski definition) is 2. The van der Waals surface area contributed by atoms with Gasteiger partial charge in [-0.25, -0.2) is 13.2 Å². The van der Waals surface area contributed by atoms with Crippen molar-refractivity contribution in [1.82, 2.24) is 0 Å². The molecule has 0 aliphatic carbocycles. The molecule has 0 unspecified atom stereocenters. The Hall–Kier alpha value is -4.45. The third kappa shape index (κ3) is 6.32. The predicted molar refractivity (Wildman–Crippen MR) is 127 cm³/mol. The summed E-state index contributed by atoms with van der Waals surface area (Å²) < 4.78 is 37.8. The number of ether oxygens (including phenoxy) is 2. The lowest BCUT2D eigenvalue weighted by molar-refractivity contribution is -0.384. The highest BCUT2D eigenvalue weighted by atomic mass is 32.2. The Labute approximate surface area is 200 Å². The number of para-hydroxylation sites is 1. The molecule has 3 aromatic carbocycles. The number of methoxy groups -OCH3 is 1. The van der Waals surface area contributed by atoms with E-state index in [2.05, 4.69) is 10.0 Å². The summed E-state index contributed by atoms with van der Waals surface area (Å²) in [4.78, 5) is 35.0. The van der Waals surface area contributed by atoms with Crippen LogP contribution in [0.4, 0.5) is 17.1 Å². The molecule has 0 aliphatic rings. The van der Waals surface area contributed by atoms with Crippen LogP contribution in [0.1, 0.15) is 15.9 Å². The number of benzene rings is 3. The van der Waals surface area contributed by atoms with E-state index < -0.39 is 33.4 Å². The molecule has 0 aliphatic heterocycles. The molecule has 0 fully saturated rings. The monoisotopic (exact) mass is 499 g/mol. The van der Waals surface area contributed by atoms with Gasteiger partial charge in [-0.05, 0) is 55.0 Å². The van der Waals surface area contributed by atoms with Crippen molar-refractivity contribution in [3.63, 3.8) is 0 Å². The van der Waals surface area contributed by atoms with Gasteiger partial charge in [0.15, 0.2) is 6.61 Å². The summed E-state index contributed by atoms with van der Waals surface area (Å²) in [5.74, 6) is -1.18. The number of hydrogen-bond acceptors (Lipinski definition) is 8. The molecule has 0 saturated heterocycles. The van der Waals surface area contributed by atoms with Gasteiger partial charge >= 0.3 is 5.97 Å². The second-order valence-electron chi connectivity index (χ2n) is 7.21. The maximum atomic E-state index is 12.7. The number of esters is 1. The number of nitro groups is 1. The van der Waals surface area contributed by atoms with Crippen molar-refractivity contribution in [1.29, 1.82) is 0 Å². The molecule has 1 amide bonds. The van der Waals surface area contributed by atoms with Gasteiger partial charge in [-0.3, -0.25) is 19.6 Å². The van der Waals surface area contributed by atoms with Crippen LogP contribution in [0.2, 0.25) is 0 Å². The normalized spacial score (nSPS) is 10.8. The van der Waals surface area contributed by atoms with Crippen LogP contribution >= 0.6 is 0 Å². The number of nitrogens with zero attached hydrogens (tertiary/aromatic N) is 1. The Morgan fingerprint density at radius 2 is 1.71 bits per heavy atom. The number of rotatable bonds is 9. The summed E-state index contributed by atoms with van der Waals surface area (Å²) >= 11 is 0. The first-order chi connectivity index (χ1) is 16.6. The fourth-order valence-electron chi connectivity index (χ4n) is 3.02.